The molecule has 0 radical (unpaired) electrons. The molecular formula is C18H19F2NO2. The second-order valence-corrected chi connectivity index (χ2v) is 6.01. The third-order valence-corrected chi connectivity index (χ3v) is 4.44. The van der Waals surface area contributed by atoms with Gasteiger partial charge in [0.1, 0.15) is 17.9 Å². The molecule has 0 N–H and O–H groups in total. The van der Waals surface area contributed by atoms with Crippen molar-refractivity contribution in [3.8, 4) is 0 Å². The van der Waals surface area contributed by atoms with Crippen LogP contribution in [0.1, 0.15) is 35.2 Å². The summed E-state index contributed by atoms with van der Waals surface area (Å²) in [6, 6.07) is 5.60. The zero-order chi connectivity index (χ0) is 16.2. The van der Waals surface area contributed by atoms with Crippen LogP contribution in [0.3, 0.4) is 0 Å². The first-order valence-corrected chi connectivity index (χ1v) is 7.89. The molecule has 23 heavy (non-hydrogen) atoms. The molecule has 1 aliphatic heterocycles. The van der Waals surface area contributed by atoms with Gasteiger partial charge in [0.15, 0.2) is 0 Å². The number of carbonyl (C=O) groups is 1. The minimum atomic E-state index is -0.493. The van der Waals surface area contributed by atoms with Gasteiger partial charge in [0.05, 0.1) is 11.8 Å². The van der Waals surface area contributed by atoms with Crippen LogP contribution in [0.25, 0.3) is 0 Å². The van der Waals surface area contributed by atoms with Gasteiger partial charge < -0.3 is 9.32 Å². The predicted molar refractivity (Wildman–Crippen MR) is 82.0 cm³/mol. The van der Waals surface area contributed by atoms with Crippen LogP contribution in [0.15, 0.2) is 41.2 Å². The van der Waals surface area contributed by atoms with E-state index in [0.717, 1.165) is 12.8 Å². The molecule has 1 aliphatic rings. The average molecular weight is 319 g/mol. The van der Waals surface area contributed by atoms with Crippen molar-refractivity contribution in [1.29, 1.82) is 0 Å². The Morgan fingerprint density at radius 3 is 2.74 bits per heavy atom. The van der Waals surface area contributed by atoms with Crippen LogP contribution < -0.4 is 0 Å². The third-order valence-electron chi connectivity index (χ3n) is 4.44. The number of likely N-dealkylation sites (tertiary alicyclic amines) is 1. The molecule has 2 aromatic rings. The lowest BCUT2D eigenvalue weighted by atomic mass is 9.91. The van der Waals surface area contributed by atoms with E-state index in [2.05, 4.69) is 0 Å². The standard InChI is InChI=1S/C18H19F2NO2/c19-16-4-1-5-17(20)15(16)7-6-13-3-2-9-21(11-13)18(22)14-8-10-23-12-14/h1,4-5,8,10,12-13H,2-3,6-7,9,11H2. The molecule has 2 heterocycles. The number of furan rings is 1. The lowest BCUT2D eigenvalue weighted by Crippen LogP contribution is -2.39. The molecule has 5 heteroatoms. The third kappa shape index (κ3) is 3.60. The van der Waals surface area contributed by atoms with Crippen LogP contribution in [0.2, 0.25) is 0 Å². The van der Waals surface area contributed by atoms with Gasteiger partial charge in [-0.15, -0.1) is 0 Å². The van der Waals surface area contributed by atoms with Crippen LogP contribution in [0, 0.1) is 17.6 Å². The second kappa shape index (κ2) is 6.94. The van der Waals surface area contributed by atoms with Crippen molar-refractivity contribution in [2.24, 2.45) is 5.92 Å². The van der Waals surface area contributed by atoms with Gasteiger partial charge in [-0.05, 0) is 49.8 Å². The van der Waals surface area contributed by atoms with E-state index in [1.54, 1.807) is 11.0 Å². The van der Waals surface area contributed by atoms with E-state index in [1.165, 1.54) is 30.7 Å². The number of hydrogen-bond acceptors (Lipinski definition) is 2. The van der Waals surface area contributed by atoms with E-state index in [-0.39, 0.29) is 17.4 Å². The Morgan fingerprint density at radius 1 is 1.26 bits per heavy atom. The number of benzene rings is 1. The zero-order valence-corrected chi connectivity index (χ0v) is 12.8. The number of hydrogen-bond donors (Lipinski definition) is 0. The summed E-state index contributed by atoms with van der Waals surface area (Å²) >= 11 is 0. The van der Waals surface area contributed by atoms with Gasteiger partial charge in [-0.25, -0.2) is 8.78 Å². The maximum absolute atomic E-state index is 13.7. The van der Waals surface area contributed by atoms with Crippen molar-refractivity contribution in [2.75, 3.05) is 13.1 Å². The quantitative estimate of drug-likeness (QED) is 0.852. The Kier molecular flexibility index (Phi) is 4.74. The minimum Gasteiger partial charge on any atom is -0.472 e. The number of carbonyl (C=O) groups excluding carboxylic acids is 1. The van der Waals surface area contributed by atoms with Crippen LogP contribution in [-0.4, -0.2) is 23.9 Å². The van der Waals surface area contributed by atoms with Gasteiger partial charge in [-0.2, -0.15) is 0 Å². The van der Waals surface area contributed by atoms with Gasteiger partial charge in [-0.1, -0.05) is 6.07 Å². The van der Waals surface area contributed by atoms with Crippen molar-refractivity contribution < 1.29 is 18.0 Å². The molecule has 3 nitrogen and oxygen atoms in total. The fourth-order valence-corrected chi connectivity index (χ4v) is 3.17. The monoisotopic (exact) mass is 319 g/mol. The van der Waals surface area contributed by atoms with E-state index >= 15 is 0 Å². The molecule has 0 spiro atoms. The summed E-state index contributed by atoms with van der Waals surface area (Å²) in [7, 11) is 0. The Hall–Kier alpha value is -2.17. The van der Waals surface area contributed by atoms with Crippen molar-refractivity contribution in [1.82, 2.24) is 4.90 Å². The Morgan fingerprint density at radius 2 is 2.04 bits per heavy atom. The summed E-state index contributed by atoms with van der Waals surface area (Å²) in [5.74, 6) is -0.765. The summed E-state index contributed by atoms with van der Waals surface area (Å²) in [5.41, 5.74) is 0.691. The maximum Gasteiger partial charge on any atom is 0.257 e. The van der Waals surface area contributed by atoms with E-state index in [9.17, 15) is 13.6 Å². The van der Waals surface area contributed by atoms with Gasteiger partial charge in [-0.3, -0.25) is 4.79 Å². The van der Waals surface area contributed by atoms with E-state index < -0.39 is 11.6 Å². The predicted octanol–water partition coefficient (Wildman–Crippen LogP) is 4.04. The highest BCUT2D eigenvalue weighted by Gasteiger charge is 2.25. The molecule has 0 bridgehead atoms. The molecule has 0 saturated carbocycles. The van der Waals surface area contributed by atoms with E-state index in [4.69, 9.17) is 4.42 Å². The molecule has 122 valence electrons. The van der Waals surface area contributed by atoms with Crippen molar-refractivity contribution >= 4 is 5.91 Å². The Bertz CT molecular complexity index is 649. The molecule has 1 aromatic heterocycles. The van der Waals surface area contributed by atoms with Crippen molar-refractivity contribution in [2.45, 2.75) is 25.7 Å². The molecule has 1 saturated heterocycles. The van der Waals surface area contributed by atoms with Gasteiger partial charge >= 0.3 is 0 Å². The second-order valence-electron chi connectivity index (χ2n) is 6.01. The number of nitrogens with zero attached hydrogens (tertiary/aromatic N) is 1. The fraction of sp³-hybridized carbons (Fsp3) is 0.389. The van der Waals surface area contributed by atoms with Crippen molar-refractivity contribution in [3.05, 3.63) is 59.6 Å². The normalized spacial score (nSPS) is 18.2. The molecular weight excluding hydrogens is 300 g/mol. The fourth-order valence-electron chi connectivity index (χ4n) is 3.17. The highest BCUT2D eigenvalue weighted by molar-refractivity contribution is 5.93. The lowest BCUT2D eigenvalue weighted by molar-refractivity contribution is 0.0667. The summed E-state index contributed by atoms with van der Waals surface area (Å²) < 4.78 is 32.3. The molecule has 1 fully saturated rings. The largest absolute Gasteiger partial charge is 0.472 e. The number of halogens is 2. The Labute approximate surface area is 133 Å². The SMILES string of the molecule is O=C(c1ccoc1)N1CCCC(CCc2c(F)cccc2F)C1. The van der Waals surface area contributed by atoms with Gasteiger partial charge in [0.25, 0.3) is 5.91 Å². The molecule has 0 aliphatic carbocycles. The first kappa shape index (κ1) is 15.7. The topological polar surface area (TPSA) is 33.5 Å². The van der Waals surface area contributed by atoms with E-state index in [0.29, 0.717) is 31.5 Å². The molecule has 1 unspecified atom stereocenters. The molecule has 3 rings (SSSR count). The van der Waals surface area contributed by atoms with Crippen LogP contribution in [-0.2, 0) is 6.42 Å². The maximum atomic E-state index is 13.7. The molecule has 1 amide bonds. The highest BCUT2D eigenvalue weighted by atomic mass is 19.1. The van der Waals surface area contributed by atoms with Gasteiger partial charge in [0, 0.05) is 18.7 Å². The number of amides is 1. The van der Waals surface area contributed by atoms with Crippen LogP contribution in [0.4, 0.5) is 8.78 Å². The van der Waals surface area contributed by atoms with Crippen LogP contribution in [0.5, 0.6) is 0 Å². The number of rotatable bonds is 4. The number of piperidine rings is 1. The summed E-state index contributed by atoms with van der Waals surface area (Å²) in [6.07, 6.45) is 5.85. The highest BCUT2D eigenvalue weighted by Crippen LogP contribution is 2.24. The summed E-state index contributed by atoms with van der Waals surface area (Å²) in [5, 5.41) is 0. The minimum absolute atomic E-state index is 0.0412. The smallest absolute Gasteiger partial charge is 0.257 e. The lowest BCUT2D eigenvalue weighted by Gasteiger charge is -2.32. The molecule has 1 atom stereocenters. The molecule has 1 aromatic carbocycles. The zero-order valence-electron chi connectivity index (χ0n) is 12.8. The van der Waals surface area contributed by atoms with Gasteiger partial charge in [0.2, 0.25) is 0 Å². The Balaban J connectivity index is 1.60. The van der Waals surface area contributed by atoms with Crippen molar-refractivity contribution in [3.63, 3.8) is 0 Å². The average Bonchev–Trinajstić information content (AvgIpc) is 3.08. The summed E-state index contributed by atoms with van der Waals surface area (Å²) in [4.78, 5) is 14.1. The summed E-state index contributed by atoms with van der Waals surface area (Å²) in [6.45, 7) is 1.34. The van der Waals surface area contributed by atoms with Crippen LogP contribution >= 0.6 is 0 Å². The van der Waals surface area contributed by atoms with E-state index in [1.807, 2.05) is 0 Å². The first-order valence-electron chi connectivity index (χ1n) is 7.89. The first-order chi connectivity index (χ1) is 11.1.